The quantitative estimate of drug-likeness (QED) is 0.548. The Morgan fingerprint density at radius 1 is 1.23 bits per heavy atom. The van der Waals surface area contributed by atoms with E-state index >= 15 is 0 Å². The molecule has 1 heterocycles. The van der Waals surface area contributed by atoms with Crippen LogP contribution in [0.25, 0.3) is 0 Å². The van der Waals surface area contributed by atoms with Crippen molar-refractivity contribution in [1.82, 2.24) is 20.5 Å². The van der Waals surface area contributed by atoms with Gasteiger partial charge in [0.1, 0.15) is 12.4 Å². The van der Waals surface area contributed by atoms with Crippen LogP contribution in [0.3, 0.4) is 0 Å². The second-order valence-electron chi connectivity index (χ2n) is 6.35. The summed E-state index contributed by atoms with van der Waals surface area (Å²) in [6.45, 7) is 0.281. The van der Waals surface area contributed by atoms with Crippen molar-refractivity contribution in [3.63, 3.8) is 0 Å². The van der Waals surface area contributed by atoms with E-state index in [0.29, 0.717) is 33.5 Å². The number of ether oxygens (including phenoxy) is 1. The van der Waals surface area contributed by atoms with Gasteiger partial charge in [-0.25, -0.2) is 4.98 Å². The summed E-state index contributed by atoms with van der Waals surface area (Å²) in [6, 6.07) is 7.45. The van der Waals surface area contributed by atoms with Crippen LogP contribution in [0, 0.1) is 0 Å². The van der Waals surface area contributed by atoms with Crippen LogP contribution in [-0.4, -0.2) is 32.9 Å². The third-order valence-electron chi connectivity index (χ3n) is 4.25. The van der Waals surface area contributed by atoms with E-state index in [4.69, 9.17) is 16.3 Å². The van der Waals surface area contributed by atoms with Crippen LogP contribution in [0.15, 0.2) is 29.4 Å². The number of H-pyrrole nitrogens is 1. The Labute approximate surface area is 162 Å². The number of halogens is 1. The zero-order chi connectivity index (χ0) is 18.2. The number of rotatable bonds is 7. The number of thioether (sulfide) groups is 1. The number of amides is 1. The number of carbonyl (C=O) groups is 1. The molecule has 0 radical (unpaired) electrons. The molecule has 1 aromatic heterocycles. The van der Waals surface area contributed by atoms with E-state index in [0.717, 1.165) is 12.8 Å². The van der Waals surface area contributed by atoms with Crippen molar-refractivity contribution >= 4 is 29.3 Å². The molecule has 1 amide bonds. The highest BCUT2D eigenvalue weighted by Crippen LogP contribution is 2.19. The first-order valence-electron chi connectivity index (χ1n) is 8.91. The van der Waals surface area contributed by atoms with E-state index in [2.05, 4.69) is 20.5 Å². The highest BCUT2D eigenvalue weighted by molar-refractivity contribution is 7.99. The molecule has 0 spiro atoms. The van der Waals surface area contributed by atoms with E-state index in [1.807, 2.05) is 0 Å². The van der Waals surface area contributed by atoms with Gasteiger partial charge in [0.25, 0.3) is 0 Å². The van der Waals surface area contributed by atoms with E-state index in [9.17, 15) is 4.79 Å². The number of aromatic nitrogens is 3. The van der Waals surface area contributed by atoms with Gasteiger partial charge in [0.15, 0.2) is 5.82 Å². The number of aromatic amines is 1. The molecule has 26 heavy (non-hydrogen) atoms. The molecule has 1 saturated carbocycles. The highest BCUT2D eigenvalue weighted by atomic mass is 35.5. The number of nitrogens with one attached hydrogen (secondary N) is 2. The predicted molar refractivity (Wildman–Crippen MR) is 103 cm³/mol. The third-order valence-corrected chi connectivity index (χ3v) is 5.35. The van der Waals surface area contributed by atoms with E-state index in [-0.39, 0.29) is 12.5 Å². The molecule has 0 unspecified atom stereocenters. The lowest BCUT2D eigenvalue weighted by molar-refractivity contribution is -0.119. The van der Waals surface area contributed by atoms with Crippen LogP contribution in [0.1, 0.15) is 44.3 Å². The van der Waals surface area contributed by atoms with Gasteiger partial charge >= 0.3 is 0 Å². The molecule has 8 heteroatoms. The Kier molecular flexibility index (Phi) is 7.20. The SMILES string of the molecule is O=C(CSc1n[nH]c(COc2ccc(Cl)cc2)n1)NC1CCCCCC1. The van der Waals surface area contributed by atoms with Crippen molar-refractivity contribution in [2.45, 2.75) is 56.3 Å². The Balaban J connectivity index is 1.40. The first-order chi connectivity index (χ1) is 12.7. The summed E-state index contributed by atoms with van der Waals surface area (Å²) in [5, 5.41) is 11.3. The topological polar surface area (TPSA) is 79.9 Å². The fraction of sp³-hybridized carbons (Fsp3) is 0.500. The maximum atomic E-state index is 12.1. The van der Waals surface area contributed by atoms with Crippen LogP contribution >= 0.6 is 23.4 Å². The van der Waals surface area contributed by atoms with Gasteiger partial charge in [-0.05, 0) is 37.1 Å². The molecule has 1 aromatic carbocycles. The summed E-state index contributed by atoms with van der Waals surface area (Å²) in [5.41, 5.74) is 0. The van der Waals surface area contributed by atoms with Gasteiger partial charge < -0.3 is 10.1 Å². The zero-order valence-electron chi connectivity index (χ0n) is 14.5. The van der Waals surface area contributed by atoms with Crippen molar-refractivity contribution in [2.75, 3.05) is 5.75 Å². The highest BCUT2D eigenvalue weighted by Gasteiger charge is 2.15. The van der Waals surface area contributed by atoms with Crippen molar-refractivity contribution < 1.29 is 9.53 Å². The maximum absolute atomic E-state index is 12.1. The molecule has 0 aliphatic heterocycles. The summed E-state index contributed by atoms with van der Waals surface area (Å²) in [5.74, 6) is 1.70. The largest absolute Gasteiger partial charge is 0.486 e. The van der Waals surface area contributed by atoms with Crippen LogP contribution in [0.2, 0.25) is 5.02 Å². The van der Waals surface area contributed by atoms with E-state index < -0.39 is 0 Å². The number of hydrogen-bond donors (Lipinski definition) is 2. The minimum atomic E-state index is 0.0469. The van der Waals surface area contributed by atoms with E-state index in [1.165, 1.54) is 37.4 Å². The van der Waals surface area contributed by atoms with Crippen molar-refractivity contribution in [2.24, 2.45) is 0 Å². The second-order valence-corrected chi connectivity index (χ2v) is 7.73. The molecular weight excluding hydrogens is 372 g/mol. The van der Waals surface area contributed by atoms with E-state index in [1.54, 1.807) is 24.3 Å². The van der Waals surface area contributed by atoms with Gasteiger partial charge in [-0.15, -0.1) is 5.10 Å². The lowest BCUT2D eigenvalue weighted by Gasteiger charge is -2.15. The van der Waals surface area contributed by atoms with Crippen LogP contribution in [0.4, 0.5) is 0 Å². The monoisotopic (exact) mass is 394 g/mol. The fourth-order valence-corrected chi connectivity index (χ4v) is 3.67. The van der Waals surface area contributed by atoms with Gasteiger partial charge in [0.2, 0.25) is 11.1 Å². The lowest BCUT2D eigenvalue weighted by Crippen LogP contribution is -2.35. The number of nitrogens with zero attached hydrogens (tertiary/aromatic N) is 2. The maximum Gasteiger partial charge on any atom is 0.230 e. The van der Waals surface area contributed by atoms with Crippen LogP contribution < -0.4 is 10.1 Å². The Morgan fingerprint density at radius 3 is 2.69 bits per heavy atom. The van der Waals surface area contributed by atoms with Crippen molar-refractivity contribution in [3.8, 4) is 5.75 Å². The summed E-state index contributed by atoms with van der Waals surface area (Å²) >= 11 is 7.17. The summed E-state index contributed by atoms with van der Waals surface area (Å²) in [4.78, 5) is 16.5. The normalized spacial score (nSPS) is 15.4. The molecule has 140 valence electrons. The summed E-state index contributed by atoms with van der Waals surface area (Å²) in [7, 11) is 0. The lowest BCUT2D eigenvalue weighted by atomic mass is 10.1. The van der Waals surface area contributed by atoms with Crippen molar-refractivity contribution in [1.29, 1.82) is 0 Å². The predicted octanol–water partition coefficient (Wildman–Crippen LogP) is 3.97. The zero-order valence-corrected chi connectivity index (χ0v) is 16.1. The smallest absolute Gasteiger partial charge is 0.230 e. The third kappa shape index (κ3) is 6.21. The minimum Gasteiger partial charge on any atom is -0.486 e. The molecule has 0 bridgehead atoms. The van der Waals surface area contributed by atoms with Gasteiger partial charge in [0.05, 0.1) is 5.75 Å². The molecule has 2 aromatic rings. The molecule has 0 saturated heterocycles. The molecule has 3 rings (SSSR count). The van der Waals surface area contributed by atoms with Gasteiger partial charge in [0, 0.05) is 11.1 Å². The molecule has 6 nitrogen and oxygen atoms in total. The molecule has 1 aliphatic rings. The first-order valence-corrected chi connectivity index (χ1v) is 10.3. The molecular formula is C18H23ClN4O2S. The molecule has 1 aliphatic carbocycles. The average molecular weight is 395 g/mol. The van der Waals surface area contributed by atoms with Gasteiger partial charge in [-0.1, -0.05) is 49.0 Å². The Morgan fingerprint density at radius 2 is 1.96 bits per heavy atom. The second kappa shape index (κ2) is 9.83. The van der Waals surface area contributed by atoms with Gasteiger partial charge in [-0.2, -0.15) is 0 Å². The standard InChI is InChI=1S/C18H23ClN4O2S/c19-13-7-9-15(10-8-13)25-11-16-21-18(23-22-16)26-12-17(24)20-14-5-3-1-2-4-6-14/h7-10,14H,1-6,11-12H2,(H,20,24)(H,21,22,23). The van der Waals surface area contributed by atoms with Crippen LogP contribution in [0.5, 0.6) is 5.75 Å². The molecule has 2 N–H and O–H groups in total. The molecule has 0 atom stereocenters. The molecule has 1 fully saturated rings. The minimum absolute atomic E-state index is 0.0469. The average Bonchev–Trinajstić information content (AvgIpc) is 2.95. The van der Waals surface area contributed by atoms with Crippen LogP contribution in [-0.2, 0) is 11.4 Å². The Bertz CT molecular complexity index is 699. The Hall–Kier alpha value is -1.73. The first kappa shape index (κ1) is 19.0. The summed E-state index contributed by atoms with van der Waals surface area (Å²) < 4.78 is 5.62. The number of hydrogen-bond acceptors (Lipinski definition) is 5. The number of carbonyl (C=O) groups excluding carboxylic acids is 1. The van der Waals surface area contributed by atoms with Crippen molar-refractivity contribution in [3.05, 3.63) is 35.1 Å². The number of benzene rings is 1. The van der Waals surface area contributed by atoms with Gasteiger partial charge in [-0.3, -0.25) is 9.89 Å². The fourth-order valence-electron chi connectivity index (χ4n) is 2.91. The summed E-state index contributed by atoms with van der Waals surface area (Å²) in [6.07, 6.45) is 7.14.